The van der Waals surface area contributed by atoms with Crippen LogP contribution in [-0.2, 0) is 5.41 Å². The number of fused-ring (bicyclic) bond motifs is 3. The monoisotopic (exact) mass is 653 g/mol. The number of rotatable bonds is 6. The zero-order valence-corrected chi connectivity index (χ0v) is 28.6. The number of benzene rings is 6. The van der Waals surface area contributed by atoms with E-state index in [-0.39, 0.29) is 5.41 Å². The molecule has 2 heterocycles. The van der Waals surface area contributed by atoms with E-state index in [9.17, 15) is 0 Å². The van der Waals surface area contributed by atoms with Gasteiger partial charge < -0.3 is 0 Å². The van der Waals surface area contributed by atoms with Gasteiger partial charge in [-0.2, -0.15) is 0 Å². The van der Waals surface area contributed by atoms with Crippen molar-refractivity contribution in [3.8, 4) is 78.5 Å². The van der Waals surface area contributed by atoms with Crippen LogP contribution in [0, 0.1) is 0 Å². The first-order chi connectivity index (χ1) is 25.1. The van der Waals surface area contributed by atoms with Crippen molar-refractivity contribution in [1.29, 1.82) is 0 Å². The SMILES string of the molecule is CC1(C)c2ccccc2-c2c(-c3ncccc3-c3cc(-c4ccc(-c5ccccc5)c(-c5ccccc5)c4)nc(-c4ccccc4)n3)cccc21. The normalized spacial score (nSPS) is 12.7. The molecule has 9 rings (SSSR count). The summed E-state index contributed by atoms with van der Waals surface area (Å²) in [7, 11) is 0. The van der Waals surface area contributed by atoms with Crippen molar-refractivity contribution in [3.05, 3.63) is 187 Å². The zero-order valence-electron chi connectivity index (χ0n) is 28.6. The minimum Gasteiger partial charge on any atom is -0.256 e. The smallest absolute Gasteiger partial charge is 0.160 e. The second-order valence-corrected chi connectivity index (χ2v) is 13.6. The highest BCUT2D eigenvalue weighted by Crippen LogP contribution is 2.52. The van der Waals surface area contributed by atoms with Gasteiger partial charge in [-0.1, -0.05) is 159 Å². The molecule has 0 aliphatic heterocycles. The summed E-state index contributed by atoms with van der Waals surface area (Å²) in [5.74, 6) is 0.677. The molecule has 0 saturated heterocycles. The minimum absolute atomic E-state index is 0.109. The first kappa shape index (κ1) is 30.6. The van der Waals surface area contributed by atoms with Crippen LogP contribution in [0.15, 0.2) is 176 Å². The Bertz CT molecular complexity index is 2540. The van der Waals surface area contributed by atoms with E-state index in [1.54, 1.807) is 0 Å². The van der Waals surface area contributed by atoms with Gasteiger partial charge in [0.2, 0.25) is 0 Å². The third-order valence-electron chi connectivity index (χ3n) is 10.2. The number of pyridine rings is 1. The van der Waals surface area contributed by atoms with Gasteiger partial charge in [0.1, 0.15) is 0 Å². The molecule has 1 aliphatic carbocycles. The van der Waals surface area contributed by atoms with Gasteiger partial charge in [0, 0.05) is 33.9 Å². The summed E-state index contributed by atoms with van der Waals surface area (Å²) in [6, 6.07) is 59.8. The van der Waals surface area contributed by atoms with Crippen molar-refractivity contribution < 1.29 is 0 Å². The molecule has 0 saturated carbocycles. The van der Waals surface area contributed by atoms with Crippen molar-refractivity contribution in [3.63, 3.8) is 0 Å². The van der Waals surface area contributed by atoms with E-state index in [2.05, 4.69) is 159 Å². The highest BCUT2D eigenvalue weighted by molar-refractivity contribution is 5.95. The van der Waals surface area contributed by atoms with Crippen molar-refractivity contribution in [2.45, 2.75) is 19.3 Å². The fourth-order valence-corrected chi connectivity index (χ4v) is 7.66. The number of hydrogen-bond donors (Lipinski definition) is 0. The van der Waals surface area contributed by atoms with Gasteiger partial charge in [-0.25, -0.2) is 9.97 Å². The molecule has 0 unspecified atom stereocenters. The fraction of sp³-hybridized carbons (Fsp3) is 0.0625. The van der Waals surface area contributed by atoms with E-state index < -0.39 is 0 Å². The first-order valence-corrected chi connectivity index (χ1v) is 17.5. The van der Waals surface area contributed by atoms with Crippen LogP contribution in [0.1, 0.15) is 25.0 Å². The van der Waals surface area contributed by atoms with Gasteiger partial charge in [0.05, 0.1) is 17.1 Å². The molecule has 6 aromatic carbocycles. The van der Waals surface area contributed by atoms with Crippen LogP contribution in [0.25, 0.3) is 78.5 Å². The highest BCUT2D eigenvalue weighted by atomic mass is 14.9. The molecular weight excluding hydrogens is 619 g/mol. The minimum atomic E-state index is -0.109. The molecular formula is C48H35N3. The average molecular weight is 654 g/mol. The van der Waals surface area contributed by atoms with Crippen molar-refractivity contribution in [2.24, 2.45) is 0 Å². The third kappa shape index (κ3) is 5.35. The second-order valence-electron chi connectivity index (χ2n) is 13.6. The lowest BCUT2D eigenvalue weighted by molar-refractivity contribution is 0.660. The summed E-state index contributed by atoms with van der Waals surface area (Å²) in [5, 5.41) is 0. The Morgan fingerprint density at radius 1 is 0.392 bits per heavy atom. The molecule has 2 aromatic heterocycles. The van der Waals surface area contributed by atoms with Crippen molar-refractivity contribution >= 4 is 0 Å². The van der Waals surface area contributed by atoms with Crippen LogP contribution >= 0.6 is 0 Å². The molecule has 51 heavy (non-hydrogen) atoms. The first-order valence-electron chi connectivity index (χ1n) is 17.5. The van der Waals surface area contributed by atoms with E-state index in [1.807, 2.05) is 30.5 Å². The topological polar surface area (TPSA) is 38.7 Å². The van der Waals surface area contributed by atoms with Crippen LogP contribution in [0.4, 0.5) is 0 Å². The summed E-state index contributed by atoms with van der Waals surface area (Å²) >= 11 is 0. The molecule has 3 heteroatoms. The Morgan fingerprint density at radius 3 is 1.73 bits per heavy atom. The van der Waals surface area contributed by atoms with Crippen LogP contribution < -0.4 is 0 Å². The lowest BCUT2D eigenvalue weighted by Gasteiger charge is -2.21. The Kier molecular flexibility index (Phi) is 7.48. The molecule has 0 atom stereocenters. The van der Waals surface area contributed by atoms with Gasteiger partial charge in [0.25, 0.3) is 0 Å². The molecule has 0 fully saturated rings. The van der Waals surface area contributed by atoms with E-state index in [1.165, 1.54) is 33.4 Å². The molecule has 1 aliphatic rings. The molecule has 0 spiro atoms. The predicted octanol–water partition coefficient (Wildman–Crippen LogP) is 12.2. The van der Waals surface area contributed by atoms with E-state index >= 15 is 0 Å². The van der Waals surface area contributed by atoms with Gasteiger partial charge in [-0.15, -0.1) is 0 Å². The fourth-order valence-electron chi connectivity index (χ4n) is 7.66. The average Bonchev–Trinajstić information content (AvgIpc) is 3.44. The van der Waals surface area contributed by atoms with Crippen LogP contribution in [0.3, 0.4) is 0 Å². The Morgan fingerprint density at radius 2 is 0.980 bits per heavy atom. The standard InChI is InChI=1S/C48H35N3/c1-48(2)41-25-13-12-22-37(41)45-39(23-14-26-42(45)48)46-38(24-15-29-49-46)44-31-43(50-47(51-44)34-20-10-5-11-21-34)35-27-28-36(32-16-6-3-7-17-32)40(30-35)33-18-8-4-9-19-33/h3-31H,1-2H3. The quantitative estimate of drug-likeness (QED) is 0.179. The number of nitrogens with zero attached hydrogens (tertiary/aromatic N) is 3. The van der Waals surface area contributed by atoms with Crippen molar-refractivity contribution in [2.75, 3.05) is 0 Å². The van der Waals surface area contributed by atoms with E-state index in [0.717, 1.165) is 50.5 Å². The lowest BCUT2D eigenvalue weighted by atomic mass is 9.82. The summed E-state index contributed by atoms with van der Waals surface area (Å²) in [5.41, 5.74) is 16.4. The zero-order chi connectivity index (χ0) is 34.4. The maximum absolute atomic E-state index is 5.25. The summed E-state index contributed by atoms with van der Waals surface area (Å²) in [4.78, 5) is 15.5. The molecule has 0 radical (unpaired) electrons. The Labute approximate surface area is 299 Å². The molecule has 8 aromatic rings. The van der Waals surface area contributed by atoms with Crippen molar-refractivity contribution in [1.82, 2.24) is 15.0 Å². The molecule has 0 amide bonds. The number of hydrogen-bond acceptors (Lipinski definition) is 3. The van der Waals surface area contributed by atoms with Gasteiger partial charge in [-0.05, 0) is 68.8 Å². The second kappa shape index (κ2) is 12.5. The van der Waals surface area contributed by atoms with Crippen LogP contribution in [0.2, 0.25) is 0 Å². The van der Waals surface area contributed by atoms with Crippen LogP contribution in [0.5, 0.6) is 0 Å². The number of aromatic nitrogens is 3. The Hall–Kier alpha value is -6.45. The summed E-state index contributed by atoms with van der Waals surface area (Å²) < 4.78 is 0. The lowest BCUT2D eigenvalue weighted by Crippen LogP contribution is -2.14. The Balaban J connectivity index is 1.26. The summed E-state index contributed by atoms with van der Waals surface area (Å²) in [6.45, 7) is 4.63. The van der Waals surface area contributed by atoms with Crippen LogP contribution in [-0.4, -0.2) is 15.0 Å². The van der Waals surface area contributed by atoms with Gasteiger partial charge >= 0.3 is 0 Å². The predicted molar refractivity (Wildman–Crippen MR) is 210 cm³/mol. The summed E-state index contributed by atoms with van der Waals surface area (Å²) in [6.07, 6.45) is 1.89. The maximum Gasteiger partial charge on any atom is 0.160 e. The maximum atomic E-state index is 5.25. The highest BCUT2D eigenvalue weighted by Gasteiger charge is 2.37. The van der Waals surface area contributed by atoms with E-state index in [0.29, 0.717) is 5.82 Å². The van der Waals surface area contributed by atoms with Gasteiger partial charge in [-0.3, -0.25) is 4.98 Å². The molecule has 3 nitrogen and oxygen atoms in total. The molecule has 0 bridgehead atoms. The molecule has 242 valence electrons. The van der Waals surface area contributed by atoms with E-state index in [4.69, 9.17) is 15.0 Å². The third-order valence-corrected chi connectivity index (χ3v) is 10.2. The van der Waals surface area contributed by atoms with Gasteiger partial charge in [0.15, 0.2) is 5.82 Å². The largest absolute Gasteiger partial charge is 0.256 e. The molecule has 0 N–H and O–H groups in total.